The van der Waals surface area contributed by atoms with E-state index in [1.54, 1.807) is 12.1 Å². The fourth-order valence-corrected chi connectivity index (χ4v) is 3.27. The third-order valence-corrected chi connectivity index (χ3v) is 5.49. The van der Waals surface area contributed by atoms with Gasteiger partial charge in [-0.3, -0.25) is 0 Å². The molecule has 158 valence electrons. The van der Waals surface area contributed by atoms with Gasteiger partial charge in [0.15, 0.2) is 0 Å². The fraction of sp³-hybridized carbons (Fsp3) is 0.700. The van der Waals surface area contributed by atoms with Gasteiger partial charge in [0, 0.05) is 0 Å². The highest BCUT2D eigenvalue weighted by molar-refractivity contribution is 7.85. The molecule has 0 atom stereocenters. The molecule has 0 saturated heterocycles. The summed E-state index contributed by atoms with van der Waals surface area (Å²) in [7, 11) is -2.15. The summed E-state index contributed by atoms with van der Waals surface area (Å²) >= 11 is 0. The zero-order valence-electron chi connectivity index (χ0n) is 17.1. The van der Waals surface area contributed by atoms with Crippen molar-refractivity contribution in [3.05, 3.63) is 29.8 Å². The van der Waals surface area contributed by atoms with Crippen LogP contribution < -0.4 is 0 Å². The second-order valence-corrected chi connectivity index (χ2v) is 8.65. The summed E-state index contributed by atoms with van der Waals surface area (Å²) in [5.74, 6) is 0. The molecule has 0 bridgehead atoms. The summed E-state index contributed by atoms with van der Waals surface area (Å²) in [6, 6.07) is 5.78. The average Bonchev–Trinajstić information content (AvgIpc) is 2.59. The van der Waals surface area contributed by atoms with Crippen LogP contribution in [0, 0.1) is 6.92 Å². The molecular formula is C20H37NO5S. The second-order valence-electron chi connectivity index (χ2n) is 7.27. The third-order valence-electron chi connectivity index (χ3n) is 4.64. The molecule has 0 heterocycles. The first-order valence-electron chi connectivity index (χ1n) is 9.76. The minimum atomic E-state index is -4.27. The minimum absolute atomic E-state index is 0.178. The van der Waals surface area contributed by atoms with Crippen molar-refractivity contribution in [2.24, 2.45) is 0 Å². The summed E-state index contributed by atoms with van der Waals surface area (Å²) in [4.78, 5) is -0.178. The summed E-state index contributed by atoms with van der Waals surface area (Å²) in [6.45, 7) is 7.08. The van der Waals surface area contributed by atoms with Crippen LogP contribution in [0.5, 0.6) is 0 Å². The van der Waals surface area contributed by atoms with Crippen molar-refractivity contribution in [3.63, 3.8) is 0 Å². The number of rotatable bonds is 12. The summed E-state index contributed by atoms with van der Waals surface area (Å²) < 4.78 is 32.0. The Labute approximate surface area is 165 Å². The molecule has 0 aliphatic rings. The molecule has 0 saturated carbocycles. The topological polar surface area (TPSA) is 97.7 Å². The second kappa shape index (κ2) is 14.1. The monoisotopic (exact) mass is 403 g/mol. The predicted octanol–water partition coefficient (Wildman–Crippen LogP) is 2.68. The van der Waals surface area contributed by atoms with E-state index in [2.05, 4.69) is 14.0 Å². The Bertz CT molecular complexity index is 581. The molecule has 27 heavy (non-hydrogen) atoms. The van der Waals surface area contributed by atoms with Crippen molar-refractivity contribution >= 4 is 10.1 Å². The Morgan fingerprint density at radius 2 is 1.37 bits per heavy atom. The van der Waals surface area contributed by atoms with E-state index in [0.717, 1.165) is 29.7 Å². The Morgan fingerprint density at radius 1 is 0.889 bits per heavy atom. The van der Waals surface area contributed by atoms with Crippen LogP contribution >= 0.6 is 0 Å². The van der Waals surface area contributed by atoms with Crippen LogP contribution in [0.4, 0.5) is 0 Å². The molecule has 6 nitrogen and oxygen atoms in total. The fourth-order valence-electron chi connectivity index (χ4n) is 2.80. The lowest BCUT2D eigenvalue weighted by Crippen LogP contribution is -2.48. The number of hydrogen-bond donors (Lipinski definition) is 2. The normalized spacial score (nSPS) is 11.8. The molecule has 0 aromatic heterocycles. The van der Waals surface area contributed by atoms with E-state index in [1.807, 2.05) is 6.92 Å². The molecule has 0 unspecified atom stereocenters. The molecule has 1 rings (SSSR count). The number of hydrogen-bond acceptors (Lipinski definition) is 5. The predicted molar refractivity (Wildman–Crippen MR) is 107 cm³/mol. The molecule has 0 fully saturated rings. The van der Waals surface area contributed by atoms with Gasteiger partial charge in [0.25, 0.3) is 0 Å². The van der Waals surface area contributed by atoms with Crippen LogP contribution in [-0.4, -0.2) is 67.6 Å². The van der Waals surface area contributed by atoms with E-state index in [1.165, 1.54) is 50.7 Å². The Hall–Kier alpha value is -0.990. The molecule has 0 spiro atoms. The summed E-state index contributed by atoms with van der Waals surface area (Å²) in [5.41, 5.74) is 0.928. The van der Waals surface area contributed by atoms with Gasteiger partial charge in [-0.2, -0.15) is 0 Å². The highest BCUT2D eigenvalue weighted by Gasteiger charge is 2.19. The number of likely N-dealkylation sites (N-methyl/N-ethyl adjacent to an activating group) is 1. The van der Waals surface area contributed by atoms with Crippen molar-refractivity contribution in [1.82, 2.24) is 0 Å². The maximum atomic E-state index is 10.4. The Kier molecular flexibility index (Phi) is 13.6. The van der Waals surface area contributed by atoms with Gasteiger partial charge < -0.3 is 19.2 Å². The van der Waals surface area contributed by atoms with Gasteiger partial charge in [-0.05, 0) is 31.9 Å². The van der Waals surface area contributed by atoms with Gasteiger partial charge >= 0.3 is 0 Å². The van der Waals surface area contributed by atoms with Crippen LogP contribution in [-0.2, 0) is 10.1 Å². The Morgan fingerprint density at radius 3 is 1.81 bits per heavy atom. The van der Waals surface area contributed by atoms with Gasteiger partial charge in [0.2, 0.25) is 0 Å². The zero-order valence-corrected chi connectivity index (χ0v) is 17.9. The van der Waals surface area contributed by atoms with Crippen LogP contribution in [0.2, 0.25) is 0 Å². The highest BCUT2D eigenvalue weighted by atomic mass is 32.2. The first kappa shape index (κ1) is 26.0. The number of aliphatic hydroxyl groups excluding tert-OH is 2. The largest absolute Gasteiger partial charge is 0.744 e. The first-order chi connectivity index (χ1) is 12.7. The van der Waals surface area contributed by atoms with Gasteiger partial charge in [0.1, 0.15) is 23.2 Å². The molecule has 0 aliphatic heterocycles. The van der Waals surface area contributed by atoms with Crippen LogP contribution in [0.1, 0.15) is 51.0 Å². The van der Waals surface area contributed by atoms with E-state index in [4.69, 9.17) is 10.2 Å². The lowest BCUT2D eigenvalue weighted by Gasteiger charge is -2.33. The maximum absolute atomic E-state index is 10.4. The SMILES string of the molecule is CCCCCCCC[N+](C)(CCO)CCO.Cc1ccc(S(=O)(=O)[O-])cc1. The lowest BCUT2D eigenvalue weighted by molar-refractivity contribution is -0.910. The van der Waals surface area contributed by atoms with E-state index in [9.17, 15) is 13.0 Å². The number of quaternary nitrogens is 1. The molecule has 1 aromatic rings. The molecule has 2 N–H and O–H groups in total. The van der Waals surface area contributed by atoms with Crippen molar-refractivity contribution in [3.8, 4) is 0 Å². The number of benzene rings is 1. The molecule has 0 aliphatic carbocycles. The van der Waals surface area contributed by atoms with Crippen LogP contribution in [0.25, 0.3) is 0 Å². The van der Waals surface area contributed by atoms with Gasteiger partial charge in [-0.15, -0.1) is 0 Å². The number of aliphatic hydroxyl groups is 2. The van der Waals surface area contributed by atoms with Crippen LogP contribution in [0.3, 0.4) is 0 Å². The quantitative estimate of drug-likeness (QED) is 0.318. The number of aryl methyl sites for hydroxylation is 1. The number of unbranched alkanes of at least 4 members (excludes halogenated alkanes) is 5. The molecule has 0 amide bonds. The van der Waals surface area contributed by atoms with E-state index < -0.39 is 10.1 Å². The summed E-state index contributed by atoms with van der Waals surface area (Å²) in [6.07, 6.45) is 7.80. The van der Waals surface area contributed by atoms with Crippen molar-refractivity contribution in [2.75, 3.05) is 39.9 Å². The molecular weight excluding hydrogens is 366 g/mol. The van der Waals surface area contributed by atoms with Crippen LogP contribution in [0.15, 0.2) is 29.2 Å². The van der Waals surface area contributed by atoms with E-state index in [0.29, 0.717) is 0 Å². The molecule has 0 radical (unpaired) electrons. The number of nitrogens with zero attached hydrogens (tertiary/aromatic N) is 1. The Balaban J connectivity index is 0.000000533. The van der Waals surface area contributed by atoms with Gasteiger partial charge in [-0.1, -0.05) is 50.3 Å². The van der Waals surface area contributed by atoms with Crippen molar-refractivity contribution in [2.45, 2.75) is 57.3 Å². The average molecular weight is 404 g/mol. The zero-order chi connectivity index (χ0) is 20.8. The van der Waals surface area contributed by atoms with Gasteiger partial charge in [-0.25, -0.2) is 8.42 Å². The molecule has 1 aromatic carbocycles. The first-order valence-corrected chi connectivity index (χ1v) is 11.2. The highest BCUT2D eigenvalue weighted by Crippen LogP contribution is 2.10. The van der Waals surface area contributed by atoms with E-state index in [-0.39, 0.29) is 18.1 Å². The minimum Gasteiger partial charge on any atom is -0.744 e. The van der Waals surface area contributed by atoms with Crippen molar-refractivity contribution < 1.29 is 27.7 Å². The van der Waals surface area contributed by atoms with E-state index >= 15 is 0 Å². The third kappa shape index (κ3) is 12.9. The standard InChI is InChI=1S/C13H30NO2.C7H8O3S/c1-3-4-5-6-7-8-9-14(2,10-12-15)11-13-16;1-6-2-4-7(5-3-6)11(8,9)10/h15-16H,3-13H2,1-2H3;2-5H,1H3,(H,8,9,10)/q+1;/p-1. The lowest BCUT2D eigenvalue weighted by atomic mass is 10.1. The molecule has 7 heteroatoms. The summed E-state index contributed by atoms with van der Waals surface area (Å²) in [5, 5.41) is 18.0. The smallest absolute Gasteiger partial charge is 0.124 e. The van der Waals surface area contributed by atoms with Gasteiger partial charge in [0.05, 0.1) is 31.7 Å². The van der Waals surface area contributed by atoms with Crippen molar-refractivity contribution in [1.29, 1.82) is 0 Å². The maximum Gasteiger partial charge on any atom is 0.124 e.